The van der Waals surface area contributed by atoms with E-state index in [9.17, 15) is 0 Å². The number of fused-ring (bicyclic) bond motifs is 3. The molecule has 0 radical (unpaired) electrons. The van der Waals surface area contributed by atoms with Crippen molar-refractivity contribution in [3.05, 3.63) is 71.2 Å². The van der Waals surface area contributed by atoms with E-state index in [0.29, 0.717) is 11.5 Å². The number of nitrogens with two attached hydrogens (primary N) is 1. The van der Waals surface area contributed by atoms with Gasteiger partial charge in [0.15, 0.2) is 0 Å². The van der Waals surface area contributed by atoms with Gasteiger partial charge in [0.2, 0.25) is 0 Å². The maximum absolute atomic E-state index is 15.0. The first-order chi connectivity index (χ1) is 12.1. The van der Waals surface area contributed by atoms with E-state index in [0.717, 1.165) is 59.7 Å². The summed E-state index contributed by atoms with van der Waals surface area (Å²) >= 11 is 0. The molecule has 2 N–H and O–H groups in total. The Morgan fingerprint density at radius 3 is 2.80 bits per heavy atom. The molecule has 1 aromatic heterocycles. The van der Waals surface area contributed by atoms with Crippen LogP contribution in [0.1, 0.15) is 35.6 Å². The number of nitrogens with zero attached hydrogens (tertiary/aromatic N) is 3. The predicted octanol–water partition coefficient (Wildman–Crippen LogP) is 3.64. The summed E-state index contributed by atoms with van der Waals surface area (Å²) in [5, 5.41) is 8.31. The minimum atomic E-state index is -0.252. The molecule has 128 valence electrons. The van der Waals surface area contributed by atoms with Crippen LogP contribution in [0.5, 0.6) is 0 Å². The van der Waals surface area contributed by atoms with E-state index in [4.69, 9.17) is 5.73 Å². The topological polar surface area (TPSA) is 56.7 Å². The maximum Gasteiger partial charge on any atom is 0.137 e. The Morgan fingerprint density at radius 1 is 1.32 bits per heavy atom. The summed E-state index contributed by atoms with van der Waals surface area (Å²) in [5.74, 6) is 1.88. The van der Waals surface area contributed by atoms with Crippen molar-refractivity contribution in [3.8, 4) is 5.69 Å². The second-order valence-electron chi connectivity index (χ2n) is 6.67. The smallest absolute Gasteiger partial charge is 0.137 e. The Hall–Kier alpha value is -2.69. The monoisotopic (exact) mass is 336 g/mol. The van der Waals surface area contributed by atoms with Gasteiger partial charge in [0, 0.05) is 12.0 Å². The van der Waals surface area contributed by atoms with E-state index >= 15 is 4.39 Å². The number of rotatable bonds is 4. The van der Waals surface area contributed by atoms with Crippen LogP contribution in [0.3, 0.4) is 0 Å². The first-order valence-electron chi connectivity index (χ1n) is 8.63. The van der Waals surface area contributed by atoms with Gasteiger partial charge in [-0.1, -0.05) is 12.7 Å². The average Bonchev–Trinajstić information content (AvgIpc) is 3.38. The fourth-order valence-corrected chi connectivity index (χ4v) is 3.68. The first kappa shape index (κ1) is 15.8. The third-order valence-electron chi connectivity index (χ3n) is 5.02. The predicted molar refractivity (Wildman–Crippen MR) is 96.6 cm³/mol. The van der Waals surface area contributed by atoms with Crippen molar-refractivity contribution < 1.29 is 4.39 Å². The van der Waals surface area contributed by atoms with Crippen LogP contribution in [0, 0.1) is 18.7 Å². The standard InChI is InChI=1S/C20H21FN4/c1-3-15(16(8-9-22)13-4-5-13)17-10-14-6-7-20-24-23-12(2)25(20)19(14)11-18(17)21/h3,8-11,13H,1,4-7,22H2,2H3/b9-8-,16-15-. The minimum absolute atomic E-state index is 0.252. The van der Waals surface area contributed by atoms with Crippen molar-refractivity contribution in [1.29, 1.82) is 0 Å². The molecule has 1 aromatic carbocycles. The summed E-state index contributed by atoms with van der Waals surface area (Å²) in [5.41, 5.74) is 10.1. The Bertz CT molecular complexity index is 916. The molecule has 0 spiro atoms. The molecule has 2 aromatic rings. The molecular weight excluding hydrogens is 315 g/mol. The largest absolute Gasteiger partial charge is 0.405 e. The number of halogens is 1. The molecule has 0 atom stereocenters. The number of aryl methyl sites for hydroxylation is 3. The lowest BCUT2D eigenvalue weighted by molar-refractivity contribution is 0.618. The fourth-order valence-electron chi connectivity index (χ4n) is 3.68. The van der Waals surface area contributed by atoms with Gasteiger partial charge in [0.05, 0.1) is 5.69 Å². The first-order valence-corrected chi connectivity index (χ1v) is 8.63. The summed E-state index contributed by atoms with van der Waals surface area (Å²) in [6.45, 7) is 5.81. The molecule has 2 heterocycles. The average molecular weight is 336 g/mol. The highest BCUT2D eigenvalue weighted by atomic mass is 19.1. The van der Waals surface area contributed by atoms with E-state index in [2.05, 4.69) is 16.8 Å². The van der Waals surface area contributed by atoms with Crippen molar-refractivity contribution in [3.63, 3.8) is 0 Å². The van der Waals surface area contributed by atoms with Crippen molar-refractivity contribution in [2.75, 3.05) is 0 Å². The van der Waals surface area contributed by atoms with Gasteiger partial charge < -0.3 is 5.73 Å². The molecule has 0 saturated heterocycles. The number of allylic oxidation sites excluding steroid dienone is 4. The van der Waals surface area contributed by atoms with E-state index in [-0.39, 0.29) is 5.82 Å². The molecule has 1 aliphatic heterocycles. The SMILES string of the molecule is C=C/C(=C(\C=C/N)C1CC1)c1cc2c(cc1F)-n1c(C)nnc1CC2. The molecule has 1 saturated carbocycles. The third-order valence-corrected chi connectivity index (χ3v) is 5.02. The highest BCUT2D eigenvalue weighted by Crippen LogP contribution is 2.42. The lowest BCUT2D eigenvalue weighted by Gasteiger charge is -2.21. The number of aromatic nitrogens is 3. The van der Waals surface area contributed by atoms with E-state index in [1.54, 1.807) is 12.1 Å². The number of benzene rings is 1. The van der Waals surface area contributed by atoms with Gasteiger partial charge in [-0.3, -0.25) is 4.57 Å². The summed E-state index contributed by atoms with van der Waals surface area (Å²) in [7, 11) is 0. The van der Waals surface area contributed by atoms with E-state index in [1.807, 2.05) is 23.6 Å². The quantitative estimate of drug-likeness (QED) is 0.867. The Morgan fingerprint density at radius 2 is 2.12 bits per heavy atom. The van der Waals surface area contributed by atoms with Gasteiger partial charge in [-0.05, 0) is 73.2 Å². The lowest BCUT2D eigenvalue weighted by Crippen LogP contribution is -2.14. The summed E-state index contributed by atoms with van der Waals surface area (Å²) in [6.07, 6.45) is 9.03. The van der Waals surface area contributed by atoms with Crippen molar-refractivity contribution >= 4 is 5.57 Å². The fraction of sp³-hybridized carbons (Fsp3) is 0.300. The van der Waals surface area contributed by atoms with Crippen LogP contribution in [-0.4, -0.2) is 14.8 Å². The molecule has 0 amide bonds. The normalized spacial score (nSPS) is 17.2. The zero-order valence-corrected chi connectivity index (χ0v) is 14.3. The molecule has 2 aliphatic rings. The maximum atomic E-state index is 15.0. The van der Waals surface area contributed by atoms with Crippen LogP contribution in [0.2, 0.25) is 0 Å². The molecule has 1 aliphatic carbocycles. The van der Waals surface area contributed by atoms with Gasteiger partial charge in [0.1, 0.15) is 17.5 Å². The van der Waals surface area contributed by atoms with Crippen LogP contribution in [0.4, 0.5) is 4.39 Å². The van der Waals surface area contributed by atoms with Crippen LogP contribution in [0.25, 0.3) is 11.3 Å². The molecule has 5 heteroatoms. The van der Waals surface area contributed by atoms with Gasteiger partial charge in [-0.25, -0.2) is 4.39 Å². The van der Waals surface area contributed by atoms with Crippen molar-refractivity contribution in [1.82, 2.24) is 14.8 Å². The van der Waals surface area contributed by atoms with Gasteiger partial charge >= 0.3 is 0 Å². The number of hydrogen-bond donors (Lipinski definition) is 1. The molecule has 4 rings (SSSR count). The second-order valence-corrected chi connectivity index (χ2v) is 6.67. The van der Waals surface area contributed by atoms with Gasteiger partial charge in [-0.2, -0.15) is 0 Å². The molecule has 25 heavy (non-hydrogen) atoms. The summed E-state index contributed by atoms with van der Waals surface area (Å²) in [4.78, 5) is 0. The molecule has 4 nitrogen and oxygen atoms in total. The summed E-state index contributed by atoms with van der Waals surface area (Å²) in [6, 6.07) is 3.56. The van der Waals surface area contributed by atoms with Gasteiger partial charge in [-0.15, -0.1) is 10.2 Å². The summed E-state index contributed by atoms with van der Waals surface area (Å²) < 4.78 is 17.0. The van der Waals surface area contributed by atoms with Crippen LogP contribution < -0.4 is 5.73 Å². The second kappa shape index (κ2) is 5.99. The highest BCUT2D eigenvalue weighted by Gasteiger charge is 2.28. The van der Waals surface area contributed by atoms with Crippen molar-refractivity contribution in [2.45, 2.75) is 32.6 Å². The van der Waals surface area contributed by atoms with Gasteiger partial charge in [0.25, 0.3) is 0 Å². The molecule has 1 fully saturated rings. The molecule has 0 unspecified atom stereocenters. The lowest BCUT2D eigenvalue weighted by atomic mass is 9.92. The van der Waals surface area contributed by atoms with Crippen LogP contribution in [-0.2, 0) is 12.8 Å². The van der Waals surface area contributed by atoms with Crippen LogP contribution >= 0.6 is 0 Å². The van der Waals surface area contributed by atoms with E-state index in [1.165, 1.54) is 6.20 Å². The van der Waals surface area contributed by atoms with E-state index < -0.39 is 0 Å². The Labute approximate surface area is 146 Å². The zero-order chi connectivity index (χ0) is 17.6. The zero-order valence-electron chi connectivity index (χ0n) is 14.3. The van der Waals surface area contributed by atoms with Crippen LogP contribution in [0.15, 0.2) is 42.6 Å². The highest BCUT2D eigenvalue weighted by molar-refractivity contribution is 5.80. The third kappa shape index (κ3) is 2.60. The molecular formula is C20H21FN4. The Balaban J connectivity index is 1.89. The Kier molecular flexibility index (Phi) is 3.79. The van der Waals surface area contributed by atoms with Crippen molar-refractivity contribution in [2.24, 2.45) is 11.7 Å². The number of hydrogen-bond acceptors (Lipinski definition) is 3. The minimum Gasteiger partial charge on any atom is -0.405 e. The molecule has 0 bridgehead atoms.